The number of hydrogen-bond acceptors (Lipinski definition) is 4. The second-order valence-electron chi connectivity index (χ2n) is 5.66. The van der Waals surface area contributed by atoms with Crippen LogP contribution in [0.15, 0.2) is 6.07 Å². The van der Waals surface area contributed by atoms with E-state index < -0.39 is 0 Å². The molecule has 1 aliphatic rings. The lowest BCUT2D eigenvalue weighted by atomic mass is 10.00. The van der Waals surface area contributed by atoms with E-state index in [1.54, 1.807) is 15.9 Å². The molecular weight excluding hydrogens is 316 g/mol. The third-order valence-corrected chi connectivity index (χ3v) is 5.70. The van der Waals surface area contributed by atoms with Crippen LogP contribution in [0.1, 0.15) is 51.6 Å². The third kappa shape index (κ3) is 3.30. The van der Waals surface area contributed by atoms with Gasteiger partial charge in [0.15, 0.2) is 10.6 Å². The number of amides is 1. The van der Waals surface area contributed by atoms with Gasteiger partial charge in [0.1, 0.15) is 0 Å². The molecule has 0 fully saturated rings. The number of aryl methyl sites for hydroxylation is 2. The molecule has 1 amide bonds. The van der Waals surface area contributed by atoms with Gasteiger partial charge in [0.2, 0.25) is 0 Å². The van der Waals surface area contributed by atoms with E-state index in [1.807, 2.05) is 7.05 Å². The number of rotatable bonds is 3. The fourth-order valence-electron chi connectivity index (χ4n) is 2.74. The lowest BCUT2D eigenvalue weighted by molar-refractivity contribution is 0.0953. The molecule has 22 heavy (non-hydrogen) atoms. The van der Waals surface area contributed by atoms with Crippen LogP contribution in [0.3, 0.4) is 0 Å². The number of aromatic nitrogens is 3. The van der Waals surface area contributed by atoms with Crippen molar-refractivity contribution in [1.29, 1.82) is 0 Å². The Labute approximate surface area is 138 Å². The number of thiophene rings is 1. The van der Waals surface area contributed by atoms with Crippen molar-refractivity contribution in [2.24, 2.45) is 7.05 Å². The fraction of sp³-hybridized carbons (Fsp3) is 0.533. The van der Waals surface area contributed by atoms with Gasteiger partial charge in [0, 0.05) is 11.9 Å². The number of nitrogens with zero attached hydrogens (tertiary/aromatic N) is 2. The van der Waals surface area contributed by atoms with Crippen molar-refractivity contribution in [2.45, 2.75) is 45.1 Å². The number of H-pyrrole nitrogens is 1. The summed E-state index contributed by atoms with van der Waals surface area (Å²) in [6.07, 6.45) is 7.29. The summed E-state index contributed by atoms with van der Waals surface area (Å²) in [5, 5.41) is 9.76. The standard InChI is InChI=1S/C15H20N4OS2/c1-19-13(17-18-15(19)21)9-16-14(20)12-8-10-6-4-2-3-5-7-11(10)22-12/h8H,2-7,9H2,1H3,(H,16,20)(H,18,21). The molecule has 1 aliphatic carbocycles. The van der Waals surface area contributed by atoms with E-state index in [-0.39, 0.29) is 5.91 Å². The highest BCUT2D eigenvalue weighted by Crippen LogP contribution is 2.28. The Bertz CT molecular complexity index is 703. The largest absolute Gasteiger partial charge is 0.344 e. The molecule has 118 valence electrons. The zero-order valence-corrected chi connectivity index (χ0v) is 14.3. The van der Waals surface area contributed by atoms with Crippen molar-refractivity contribution in [3.05, 3.63) is 32.0 Å². The third-order valence-electron chi connectivity index (χ3n) is 4.10. The van der Waals surface area contributed by atoms with Crippen molar-refractivity contribution in [1.82, 2.24) is 20.1 Å². The molecule has 0 aliphatic heterocycles. The van der Waals surface area contributed by atoms with Crippen LogP contribution in [-0.2, 0) is 26.4 Å². The number of fused-ring (bicyclic) bond motifs is 1. The van der Waals surface area contributed by atoms with Crippen LogP contribution in [0, 0.1) is 4.77 Å². The Morgan fingerprint density at radius 2 is 2.18 bits per heavy atom. The smallest absolute Gasteiger partial charge is 0.261 e. The second kappa shape index (κ2) is 6.75. The predicted molar refractivity (Wildman–Crippen MR) is 89.8 cm³/mol. The molecule has 3 rings (SSSR count). The molecule has 2 N–H and O–H groups in total. The van der Waals surface area contributed by atoms with Gasteiger partial charge in [-0.1, -0.05) is 12.8 Å². The Morgan fingerprint density at radius 1 is 1.41 bits per heavy atom. The first-order valence-electron chi connectivity index (χ1n) is 7.65. The first-order chi connectivity index (χ1) is 10.6. The number of nitrogens with one attached hydrogen (secondary N) is 2. The van der Waals surface area contributed by atoms with Gasteiger partial charge in [0.05, 0.1) is 11.4 Å². The van der Waals surface area contributed by atoms with Crippen LogP contribution in [-0.4, -0.2) is 20.7 Å². The highest BCUT2D eigenvalue weighted by Gasteiger charge is 2.16. The van der Waals surface area contributed by atoms with Gasteiger partial charge >= 0.3 is 0 Å². The summed E-state index contributed by atoms with van der Waals surface area (Å²) in [6.45, 7) is 0.380. The summed E-state index contributed by atoms with van der Waals surface area (Å²) in [7, 11) is 1.84. The molecule has 0 aromatic carbocycles. The van der Waals surface area contributed by atoms with Gasteiger partial charge in [-0.15, -0.1) is 11.3 Å². The highest BCUT2D eigenvalue weighted by molar-refractivity contribution is 7.71. The molecule has 0 spiro atoms. The van der Waals surface area contributed by atoms with Gasteiger partial charge in [-0.25, -0.2) is 0 Å². The maximum Gasteiger partial charge on any atom is 0.261 e. The lowest BCUT2D eigenvalue weighted by Crippen LogP contribution is -2.23. The van der Waals surface area contributed by atoms with E-state index in [4.69, 9.17) is 12.2 Å². The van der Waals surface area contributed by atoms with Crippen molar-refractivity contribution in [3.8, 4) is 0 Å². The van der Waals surface area contributed by atoms with Crippen LogP contribution >= 0.6 is 23.6 Å². The number of carbonyl (C=O) groups excluding carboxylic acids is 1. The second-order valence-corrected chi connectivity index (χ2v) is 7.18. The molecule has 5 nitrogen and oxygen atoms in total. The average Bonchev–Trinajstić information content (AvgIpc) is 3.02. The van der Waals surface area contributed by atoms with Crippen molar-refractivity contribution in [2.75, 3.05) is 0 Å². The van der Waals surface area contributed by atoms with Crippen molar-refractivity contribution >= 4 is 29.5 Å². The number of carbonyl (C=O) groups is 1. The van der Waals surface area contributed by atoms with Gasteiger partial charge in [-0.2, -0.15) is 5.10 Å². The minimum absolute atomic E-state index is 0.0225. The zero-order chi connectivity index (χ0) is 15.5. The Balaban J connectivity index is 1.68. The summed E-state index contributed by atoms with van der Waals surface area (Å²) < 4.78 is 2.33. The maximum absolute atomic E-state index is 12.4. The molecule has 7 heteroatoms. The van der Waals surface area contributed by atoms with E-state index in [0.717, 1.165) is 23.5 Å². The van der Waals surface area contributed by atoms with Crippen LogP contribution in [0.2, 0.25) is 0 Å². The summed E-state index contributed by atoms with van der Waals surface area (Å²) in [6, 6.07) is 2.07. The van der Waals surface area contributed by atoms with E-state index >= 15 is 0 Å². The SMILES string of the molecule is Cn1c(CNC(=O)c2cc3c(s2)CCCCCC3)n[nH]c1=S. The van der Waals surface area contributed by atoms with E-state index in [9.17, 15) is 4.79 Å². The number of hydrogen-bond donors (Lipinski definition) is 2. The topological polar surface area (TPSA) is 62.7 Å². The summed E-state index contributed by atoms with van der Waals surface area (Å²) in [4.78, 5) is 14.6. The van der Waals surface area contributed by atoms with E-state index in [0.29, 0.717) is 11.3 Å². The normalized spacial score (nSPS) is 15.0. The summed E-state index contributed by atoms with van der Waals surface area (Å²) in [5.74, 6) is 0.707. The van der Waals surface area contributed by atoms with Gasteiger partial charge in [-0.05, 0) is 49.5 Å². The van der Waals surface area contributed by atoms with Crippen molar-refractivity contribution in [3.63, 3.8) is 0 Å². The first-order valence-corrected chi connectivity index (χ1v) is 8.87. The van der Waals surface area contributed by atoms with E-state index in [2.05, 4.69) is 21.6 Å². The molecular formula is C15H20N4OS2. The van der Waals surface area contributed by atoms with Crippen LogP contribution in [0.5, 0.6) is 0 Å². The Morgan fingerprint density at radius 3 is 2.91 bits per heavy atom. The fourth-order valence-corrected chi connectivity index (χ4v) is 4.06. The van der Waals surface area contributed by atoms with Crippen LogP contribution < -0.4 is 5.32 Å². The summed E-state index contributed by atoms with van der Waals surface area (Å²) in [5.41, 5.74) is 1.37. The lowest BCUT2D eigenvalue weighted by Gasteiger charge is -2.07. The minimum atomic E-state index is -0.0225. The Hall–Kier alpha value is -1.47. The molecule has 0 unspecified atom stereocenters. The Kier molecular flexibility index (Phi) is 4.73. The zero-order valence-electron chi connectivity index (χ0n) is 12.6. The molecule has 2 aromatic rings. The first kappa shape index (κ1) is 15.4. The molecule has 2 aromatic heterocycles. The van der Waals surface area contributed by atoms with Gasteiger partial charge in [0.25, 0.3) is 5.91 Å². The monoisotopic (exact) mass is 336 g/mol. The quantitative estimate of drug-likeness (QED) is 0.847. The van der Waals surface area contributed by atoms with Crippen LogP contribution in [0.25, 0.3) is 0 Å². The molecule has 0 saturated heterocycles. The van der Waals surface area contributed by atoms with E-state index in [1.165, 1.54) is 36.1 Å². The van der Waals surface area contributed by atoms with Gasteiger partial charge < -0.3 is 9.88 Å². The predicted octanol–water partition coefficient (Wildman–Crippen LogP) is 3.13. The van der Waals surface area contributed by atoms with Gasteiger partial charge in [-0.3, -0.25) is 9.89 Å². The molecule has 0 atom stereocenters. The van der Waals surface area contributed by atoms with Crippen LogP contribution in [0.4, 0.5) is 0 Å². The molecule has 2 heterocycles. The highest BCUT2D eigenvalue weighted by atomic mass is 32.1. The molecule has 0 radical (unpaired) electrons. The molecule has 0 saturated carbocycles. The maximum atomic E-state index is 12.4. The average molecular weight is 336 g/mol. The minimum Gasteiger partial charge on any atom is -0.344 e. The summed E-state index contributed by atoms with van der Waals surface area (Å²) >= 11 is 6.71. The number of aromatic amines is 1. The van der Waals surface area contributed by atoms with Crippen molar-refractivity contribution < 1.29 is 4.79 Å². The molecule has 0 bridgehead atoms.